The molecule has 1 aliphatic carbocycles. The van der Waals surface area contributed by atoms with Gasteiger partial charge in [-0.05, 0) is 31.1 Å². The van der Waals surface area contributed by atoms with E-state index in [1.54, 1.807) is 12.5 Å². The summed E-state index contributed by atoms with van der Waals surface area (Å²) in [5.41, 5.74) is 6.84. The zero-order valence-corrected chi connectivity index (χ0v) is 16.3. The highest BCUT2D eigenvalue weighted by Crippen LogP contribution is 2.28. The van der Waals surface area contributed by atoms with Gasteiger partial charge in [-0.15, -0.1) is 0 Å². The molecule has 1 aromatic rings. The molecule has 0 unspecified atom stereocenters. The summed E-state index contributed by atoms with van der Waals surface area (Å²) in [6, 6.07) is -0.862. The molecule has 1 fully saturated rings. The molecule has 0 aromatic carbocycles. The molecular formula is C20H36N4O2. The number of nitrogens with two attached hydrogens (primary N) is 1. The number of nitrogens with zero attached hydrogens (tertiary/aromatic N) is 1. The minimum Gasteiger partial charge on any atom is -0.391 e. The SMILES string of the molecule is CC(C)CC[C@H](O)[C@H](CC1CCCCC1)NC(=O)[C@@H](N)Cc1c[nH]cn1. The number of aromatic amines is 1. The normalized spacial score (nSPS) is 19.3. The first-order chi connectivity index (χ1) is 12.5. The largest absolute Gasteiger partial charge is 0.391 e. The first-order valence-corrected chi connectivity index (χ1v) is 10.2. The van der Waals surface area contributed by atoms with Crippen molar-refractivity contribution >= 4 is 5.91 Å². The van der Waals surface area contributed by atoms with Gasteiger partial charge in [0, 0.05) is 12.6 Å². The van der Waals surface area contributed by atoms with Crippen LogP contribution < -0.4 is 11.1 Å². The van der Waals surface area contributed by atoms with E-state index in [0.717, 1.165) is 18.5 Å². The van der Waals surface area contributed by atoms with Gasteiger partial charge in [-0.1, -0.05) is 46.0 Å². The number of imidazole rings is 1. The van der Waals surface area contributed by atoms with E-state index in [-0.39, 0.29) is 11.9 Å². The Hall–Kier alpha value is -1.40. The Morgan fingerprint density at radius 3 is 2.69 bits per heavy atom. The zero-order chi connectivity index (χ0) is 18.9. The Morgan fingerprint density at radius 2 is 2.08 bits per heavy atom. The third-order valence-corrected chi connectivity index (χ3v) is 5.46. The first kappa shape index (κ1) is 20.9. The quantitative estimate of drug-likeness (QED) is 0.512. The van der Waals surface area contributed by atoms with Gasteiger partial charge in [0.2, 0.25) is 5.91 Å². The van der Waals surface area contributed by atoms with Gasteiger partial charge in [-0.3, -0.25) is 4.79 Å². The van der Waals surface area contributed by atoms with E-state index < -0.39 is 12.1 Å². The van der Waals surface area contributed by atoms with Crippen molar-refractivity contribution in [2.45, 2.75) is 89.8 Å². The standard InChI is InChI=1S/C20H36N4O2/c1-14(2)8-9-19(25)18(10-15-6-4-3-5-7-15)24-20(26)17(21)11-16-12-22-13-23-16/h12-15,17-19,25H,3-11,21H2,1-2H3,(H,22,23)(H,24,26)/t17-,18-,19-/m0/s1. The summed E-state index contributed by atoms with van der Waals surface area (Å²) in [5.74, 6) is 0.931. The van der Waals surface area contributed by atoms with Crippen molar-refractivity contribution in [2.75, 3.05) is 0 Å². The fourth-order valence-electron chi connectivity index (χ4n) is 3.81. The third-order valence-electron chi connectivity index (χ3n) is 5.46. The summed E-state index contributed by atoms with van der Waals surface area (Å²) in [6.45, 7) is 4.31. The van der Waals surface area contributed by atoms with Gasteiger partial charge in [0.25, 0.3) is 0 Å². The van der Waals surface area contributed by atoms with Crippen molar-refractivity contribution in [3.8, 4) is 0 Å². The second-order valence-electron chi connectivity index (χ2n) is 8.26. The molecular weight excluding hydrogens is 328 g/mol. The highest BCUT2D eigenvalue weighted by molar-refractivity contribution is 5.82. The Kier molecular flexibility index (Phi) is 8.59. The maximum Gasteiger partial charge on any atom is 0.237 e. The van der Waals surface area contributed by atoms with Gasteiger partial charge in [0.1, 0.15) is 0 Å². The second-order valence-corrected chi connectivity index (χ2v) is 8.26. The van der Waals surface area contributed by atoms with E-state index in [4.69, 9.17) is 5.73 Å². The van der Waals surface area contributed by atoms with E-state index in [2.05, 4.69) is 29.1 Å². The summed E-state index contributed by atoms with van der Waals surface area (Å²) < 4.78 is 0. The number of aliphatic hydroxyl groups is 1. The van der Waals surface area contributed by atoms with Crippen LogP contribution in [-0.2, 0) is 11.2 Å². The number of aromatic nitrogens is 2. The van der Waals surface area contributed by atoms with Crippen LogP contribution in [0.1, 0.15) is 70.9 Å². The maximum atomic E-state index is 12.6. The van der Waals surface area contributed by atoms with Crippen LogP contribution in [0.2, 0.25) is 0 Å². The highest BCUT2D eigenvalue weighted by Gasteiger charge is 2.28. The molecule has 5 N–H and O–H groups in total. The Bertz CT molecular complexity index is 512. The number of rotatable bonds is 10. The number of carbonyl (C=O) groups excluding carboxylic acids is 1. The molecule has 6 nitrogen and oxygen atoms in total. The van der Waals surface area contributed by atoms with Crippen LogP contribution in [0, 0.1) is 11.8 Å². The fourth-order valence-corrected chi connectivity index (χ4v) is 3.81. The smallest absolute Gasteiger partial charge is 0.237 e. The average Bonchev–Trinajstić information content (AvgIpc) is 3.12. The van der Waals surface area contributed by atoms with Crippen LogP contribution in [0.3, 0.4) is 0 Å². The van der Waals surface area contributed by atoms with Crippen LogP contribution in [0.25, 0.3) is 0 Å². The predicted octanol–water partition coefficient (Wildman–Crippen LogP) is 2.53. The van der Waals surface area contributed by atoms with Gasteiger partial charge in [0.05, 0.1) is 30.2 Å². The van der Waals surface area contributed by atoms with Crippen LogP contribution in [0.4, 0.5) is 0 Å². The zero-order valence-electron chi connectivity index (χ0n) is 16.3. The molecule has 0 spiro atoms. The maximum absolute atomic E-state index is 12.6. The first-order valence-electron chi connectivity index (χ1n) is 10.2. The lowest BCUT2D eigenvalue weighted by atomic mass is 9.83. The lowest BCUT2D eigenvalue weighted by molar-refractivity contribution is -0.124. The van der Waals surface area contributed by atoms with Gasteiger partial charge >= 0.3 is 0 Å². The molecule has 6 heteroatoms. The van der Waals surface area contributed by atoms with Crippen molar-refractivity contribution in [1.29, 1.82) is 0 Å². The Balaban J connectivity index is 1.92. The molecule has 2 rings (SSSR count). The topological polar surface area (TPSA) is 104 Å². The number of H-pyrrole nitrogens is 1. The molecule has 1 aromatic heterocycles. The number of carbonyl (C=O) groups is 1. The summed E-state index contributed by atoms with van der Waals surface area (Å²) in [7, 11) is 0. The minimum absolute atomic E-state index is 0.197. The van der Waals surface area contributed by atoms with Crippen LogP contribution in [0.15, 0.2) is 12.5 Å². The molecule has 0 aliphatic heterocycles. The van der Waals surface area contributed by atoms with Crippen molar-refractivity contribution < 1.29 is 9.90 Å². The van der Waals surface area contributed by atoms with Crippen molar-refractivity contribution in [1.82, 2.24) is 15.3 Å². The molecule has 1 heterocycles. The van der Waals surface area contributed by atoms with E-state index in [1.165, 1.54) is 32.1 Å². The van der Waals surface area contributed by atoms with Crippen molar-refractivity contribution in [3.63, 3.8) is 0 Å². The Morgan fingerprint density at radius 1 is 1.35 bits per heavy atom. The van der Waals surface area contributed by atoms with Crippen molar-refractivity contribution in [2.24, 2.45) is 17.6 Å². The van der Waals surface area contributed by atoms with Crippen LogP contribution in [0.5, 0.6) is 0 Å². The average molecular weight is 365 g/mol. The molecule has 26 heavy (non-hydrogen) atoms. The monoisotopic (exact) mass is 364 g/mol. The molecule has 1 aliphatic rings. The van der Waals surface area contributed by atoms with E-state index >= 15 is 0 Å². The molecule has 0 saturated heterocycles. The Labute approximate surface area is 157 Å². The van der Waals surface area contributed by atoms with Crippen LogP contribution in [-0.4, -0.2) is 39.2 Å². The van der Waals surface area contributed by atoms with Gasteiger partial charge in [-0.25, -0.2) is 4.98 Å². The van der Waals surface area contributed by atoms with E-state index in [9.17, 15) is 9.90 Å². The summed E-state index contributed by atoms with van der Waals surface area (Å²) in [6.07, 6.45) is 11.9. The van der Waals surface area contributed by atoms with Gasteiger partial charge in [0.15, 0.2) is 0 Å². The molecule has 1 saturated carbocycles. The number of hydrogen-bond acceptors (Lipinski definition) is 4. The third kappa shape index (κ3) is 7.08. The fraction of sp³-hybridized carbons (Fsp3) is 0.800. The summed E-state index contributed by atoms with van der Waals surface area (Å²) >= 11 is 0. The molecule has 0 radical (unpaired) electrons. The molecule has 1 amide bonds. The summed E-state index contributed by atoms with van der Waals surface area (Å²) in [5, 5.41) is 13.8. The summed E-state index contributed by atoms with van der Waals surface area (Å²) in [4.78, 5) is 19.6. The molecule has 148 valence electrons. The van der Waals surface area contributed by atoms with E-state index in [0.29, 0.717) is 24.7 Å². The second kappa shape index (κ2) is 10.7. The number of aliphatic hydroxyl groups excluding tert-OH is 1. The highest BCUT2D eigenvalue weighted by atomic mass is 16.3. The number of amides is 1. The number of hydrogen-bond donors (Lipinski definition) is 4. The molecule has 0 bridgehead atoms. The lowest BCUT2D eigenvalue weighted by Gasteiger charge is -2.31. The minimum atomic E-state index is -0.649. The van der Waals surface area contributed by atoms with Gasteiger partial charge in [-0.2, -0.15) is 0 Å². The lowest BCUT2D eigenvalue weighted by Crippen LogP contribution is -2.51. The van der Waals surface area contributed by atoms with Crippen LogP contribution >= 0.6 is 0 Å². The number of nitrogens with one attached hydrogen (secondary N) is 2. The molecule has 3 atom stereocenters. The van der Waals surface area contributed by atoms with E-state index in [1.807, 2.05) is 0 Å². The van der Waals surface area contributed by atoms with Gasteiger partial charge < -0.3 is 21.1 Å². The van der Waals surface area contributed by atoms with Crippen molar-refractivity contribution in [3.05, 3.63) is 18.2 Å². The predicted molar refractivity (Wildman–Crippen MR) is 103 cm³/mol.